The number of hydrogen-bond donors (Lipinski definition) is 1. The molecule has 166 valence electrons. The smallest absolute Gasteiger partial charge is 0.230 e. The third-order valence-electron chi connectivity index (χ3n) is 5.20. The van der Waals surface area contributed by atoms with Gasteiger partial charge in [0, 0.05) is 30.4 Å². The Morgan fingerprint density at radius 1 is 1.03 bits per heavy atom. The van der Waals surface area contributed by atoms with E-state index in [0.29, 0.717) is 17.4 Å². The van der Waals surface area contributed by atoms with Gasteiger partial charge in [0.05, 0.1) is 18.3 Å². The van der Waals surface area contributed by atoms with Crippen molar-refractivity contribution in [2.75, 3.05) is 0 Å². The maximum absolute atomic E-state index is 13.9. The molecule has 1 N–H and O–H groups in total. The molecular weight excluding hydrogens is 430 g/mol. The molecule has 0 unspecified atom stereocenters. The fraction of sp³-hybridized carbons (Fsp3) is 0.130. The van der Waals surface area contributed by atoms with Crippen LogP contribution in [0.2, 0.25) is 0 Å². The van der Waals surface area contributed by atoms with Crippen molar-refractivity contribution in [1.82, 2.24) is 29.5 Å². The Balaban J connectivity index is 1.38. The first-order valence-electron chi connectivity index (χ1n) is 10.0. The first kappa shape index (κ1) is 20.6. The highest BCUT2D eigenvalue weighted by atomic mass is 19.1. The van der Waals surface area contributed by atoms with Crippen LogP contribution >= 0.6 is 0 Å². The van der Waals surface area contributed by atoms with Crippen molar-refractivity contribution >= 4 is 10.9 Å². The topological polar surface area (TPSA) is 90.9 Å². The van der Waals surface area contributed by atoms with Crippen LogP contribution in [0, 0.1) is 11.6 Å². The first-order valence-corrected chi connectivity index (χ1v) is 10.0. The molecule has 2 aromatic carbocycles. The molecule has 0 amide bonds. The molecule has 10 heteroatoms. The van der Waals surface area contributed by atoms with Crippen LogP contribution in [-0.2, 0) is 20.2 Å². The lowest BCUT2D eigenvalue weighted by Crippen LogP contribution is -2.01. The summed E-state index contributed by atoms with van der Waals surface area (Å²) in [5.74, 6) is -1.34. The van der Waals surface area contributed by atoms with E-state index >= 15 is 0 Å². The summed E-state index contributed by atoms with van der Waals surface area (Å²) in [5.41, 5.74) is 3.30. The number of rotatable bonds is 6. The second kappa shape index (κ2) is 8.30. The molecule has 5 rings (SSSR count). The number of nitrogens with zero attached hydrogens (tertiary/aromatic N) is 6. The van der Waals surface area contributed by atoms with Crippen molar-refractivity contribution in [3.63, 3.8) is 0 Å². The standard InChI is InChI=1S/C23H18F2N6O2/c1-30-10-19(28-29-30)15-4-2-14(3-5-15)9-31-11-20-21(23(31)32)22(27-13-26-20)33-12-16-6-7-17(24)8-18(16)25/h2-8,10-11,13,32H,9,12H2,1H3. The van der Waals surface area contributed by atoms with Crippen LogP contribution in [0.4, 0.5) is 8.78 Å². The van der Waals surface area contributed by atoms with Gasteiger partial charge in [-0.25, -0.2) is 18.7 Å². The minimum atomic E-state index is -0.716. The Bertz CT molecular complexity index is 1450. The SMILES string of the molecule is Cn1cc(-c2ccc(Cn3cc4ncnc(OCc5ccc(F)cc5F)c4c3O)cc2)nn1. The number of aromatic nitrogens is 6. The molecule has 5 aromatic rings. The van der Waals surface area contributed by atoms with Crippen LogP contribution in [-0.4, -0.2) is 34.6 Å². The number of benzene rings is 2. The Hall–Kier alpha value is -4.34. The average Bonchev–Trinajstić information content (AvgIpc) is 3.37. The zero-order valence-electron chi connectivity index (χ0n) is 17.5. The number of hydrogen-bond acceptors (Lipinski definition) is 6. The van der Waals surface area contributed by atoms with Gasteiger partial charge in [-0.05, 0) is 17.7 Å². The van der Waals surface area contributed by atoms with E-state index in [4.69, 9.17) is 4.74 Å². The van der Waals surface area contributed by atoms with Crippen LogP contribution < -0.4 is 4.74 Å². The average molecular weight is 448 g/mol. The molecule has 0 spiro atoms. The molecule has 0 aliphatic heterocycles. The van der Waals surface area contributed by atoms with Crippen LogP contribution in [0.1, 0.15) is 11.1 Å². The van der Waals surface area contributed by atoms with E-state index in [1.165, 1.54) is 12.4 Å². The molecule has 0 aliphatic carbocycles. The minimum Gasteiger partial charge on any atom is -0.494 e. The van der Waals surface area contributed by atoms with Gasteiger partial charge in [-0.3, -0.25) is 4.68 Å². The number of ether oxygens (including phenoxy) is 1. The zero-order chi connectivity index (χ0) is 22.9. The van der Waals surface area contributed by atoms with Gasteiger partial charge < -0.3 is 14.4 Å². The lowest BCUT2D eigenvalue weighted by Gasteiger charge is -2.08. The second-order valence-corrected chi connectivity index (χ2v) is 7.52. The zero-order valence-corrected chi connectivity index (χ0v) is 17.5. The van der Waals surface area contributed by atoms with E-state index in [0.717, 1.165) is 29.0 Å². The minimum absolute atomic E-state index is 0.0711. The van der Waals surface area contributed by atoms with Crippen molar-refractivity contribution in [3.05, 3.63) is 83.9 Å². The molecule has 0 bridgehead atoms. The van der Waals surface area contributed by atoms with Gasteiger partial charge in [-0.2, -0.15) is 0 Å². The highest BCUT2D eigenvalue weighted by Crippen LogP contribution is 2.33. The third kappa shape index (κ3) is 4.10. The molecular formula is C23H18F2N6O2. The van der Waals surface area contributed by atoms with Crippen molar-refractivity contribution in [2.24, 2.45) is 7.05 Å². The van der Waals surface area contributed by atoms with Crippen molar-refractivity contribution in [1.29, 1.82) is 0 Å². The molecule has 0 fully saturated rings. The summed E-state index contributed by atoms with van der Waals surface area (Å²) >= 11 is 0. The predicted octanol–water partition coefficient (Wildman–Crippen LogP) is 3.84. The van der Waals surface area contributed by atoms with Crippen LogP contribution in [0.15, 0.2) is 61.2 Å². The maximum Gasteiger partial charge on any atom is 0.230 e. The number of halogens is 2. The highest BCUT2D eigenvalue weighted by Gasteiger charge is 2.17. The van der Waals surface area contributed by atoms with E-state index in [9.17, 15) is 13.9 Å². The largest absolute Gasteiger partial charge is 0.494 e. The lowest BCUT2D eigenvalue weighted by molar-refractivity contribution is 0.290. The molecule has 0 radical (unpaired) electrons. The van der Waals surface area contributed by atoms with Crippen LogP contribution in [0.5, 0.6) is 11.8 Å². The Morgan fingerprint density at radius 2 is 1.85 bits per heavy atom. The van der Waals surface area contributed by atoms with E-state index in [1.54, 1.807) is 22.5 Å². The van der Waals surface area contributed by atoms with Crippen molar-refractivity contribution < 1.29 is 18.6 Å². The summed E-state index contributed by atoms with van der Waals surface area (Å²) in [5, 5.41) is 19.2. The van der Waals surface area contributed by atoms with Crippen LogP contribution in [0.3, 0.4) is 0 Å². The predicted molar refractivity (Wildman–Crippen MR) is 115 cm³/mol. The molecule has 33 heavy (non-hydrogen) atoms. The summed E-state index contributed by atoms with van der Waals surface area (Å²) in [6.07, 6.45) is 4.82. The van der Waals surface area contributed by atoms with E-state index in [-0.39, 0.29) is 23.9 Å². The van der Waals surface area contributed by atoms with Crippen molar-refractivity contribution in [3.8, 4) is 23.0 Å². The fourth-order valence-electron chi connectivity index (χ4n) is 3.51. The molecule has 0 aliphatic rings. The molecule has 0 atom stereocenters. The molecule has 0 saturated carbocycles. The summed E-state index contributed by atoms with van der Waals surface area (Å²) in [6, 6.07) is 11.0. The monoisotopic (exact) mass is 448 g/mol. The second-order valence-electron chi connectivity index (χ2n) is 7.52. The van der Waals surface area contributed by atoms with E-state index in [1.807, 2.05) is 30.5 Å². The molecule has 3 aromatic heterocycles. The van der Waals surface area contributed by atoms with Gasteiger partial charge in [0.2, 0.25) is 11.8 Å². The summed E-state index contributed by atoms with van der Waals surface area (Å²) < 4.78 is 35.9. The normalized spacial score (nSPS) is 11.2. The van der Waals surface area contributed by atoms with Gasteiger partial charge in [0.25, 0.3) is 0 Å². The Morgan fingerprint density at radius 3 is 2.58 bits per heavy atom. The quantitative estimate of drug-likeness (QED) is 0.425. The van der Waals surface area contributed by atoms with Gasteiger partial charge in [0.15, 0.2) is 0 Å². The van der Waals surface area contributed by atoms with E-state index in [2.05, 4.69) is 20.3 Å². The Labute approximate surface area is 186 Å². The Kier molecular flexibility index (Phi) is 5.17. The highest BCUT2D eigenvalue weighted by molar-refractivity contribution is 5.89. The summed E-state index contributed by atoms with van der Waals surface area (Å²) in [6.45, 7) is 0.210. The number of aromatic hydroxyl groups is 1. The van der Waals surface area contributed by atoms with Gasteiger partial charge in [0.1, 0.15) is 35.6 Å². The van der Waals surface area contributed by atoms with Gasteiger partial charge in [-0.1, -0.05) is 29.5 Å². The lowest BCUT2D eigenvalue weighted by atomic mass is 10.1. The van der Waals surface area contributed by atoms with Crippen molar-refractivity contribution in [2.45, 2.75) is 13.2 Å². The van der Waals surface area contributed by atoms with Gasteiger partial charge in [-0.15, -0.1) is 5.10 Å². The molecule has 3 heterocycles. The van der Waals surface area contributed by atoms with E-state index < -0.39 is 11.6 Å². The molecule has 0 saturated heterocycles. The number of aryl methyl sites for hydroxylation is 1. The first-order chi connectivity index (χ1) is 16.0. The molecule has 8 nitrogen and oxygen atoms in total. The summed E-state index contributed by atoms with van der Waals surface area (Å²) in [7, 11) is 1.81. The number of fused-ring (bicyclic) bond motifs is 1. The van der Waals surface area contributed by atoms with Crippen LogP contribution in [0.25, 0.3) is 22.2 Å². The maximum atomic E-state index is 13.9. The van der Waals surface area contributed by atoms with Gasteiger partial charge >= 0.3 is 0 Å². The third-order valence-corrected chi connectivity index (χ3v) is 5.20. The fourth-order valence-corrected chi connectivity index (χ4v) is 3.51. The summed E-state index contributed by atoms with van der Waals surface area (Å²) in [4.78, 5) is 8.27.